The zero-order valence-corrected chi connectivity index (χ0v) is 69.0. The van der Waals surface area contributed by atoms with Crippen molar-refractivity contribution < 1.29 is 19.1 Å². The summed E-state index contributed by atoms with van der Waals surface area (Å²) < 4.78 is 14.6. The number of hydrogen-bond donors (Lipinski definition) is 0. The number of unbranched alkanes of at least 4 members (excludes halogenated alkanes) is 10. The number of rotatable bonds is 28. The molecule has 4 aromatic heterocycles. The number of imide groups is 1. The van der Waals surface area contributed by atoms with Gasteiger partial charge in [-0.3, -0.25) is 9.59 Å². The molecule has 0 spiro atoms. The van der Waals surface area contributed by atoms with Crippen LogP contribution in [0.25, 0.3) is 72.4 Å². The fraction of sp³-hybridized carbons (Fsp3) is 0.367. The maximum Gasteiger partial charge on any atom is 0.266 e. The topological polar surface area (TPSA) is 55.8 Å². The zero-order valence-electron chi connectivity index (χ0n) is 65.7. The Morgan fingerprint density at radius 3 is 1.29 bits per heavy atom. The van der Waals surface area contributed by atoms with Crippen molar-refractivity contribution in [2.45, 2.75) is 234 Å². The summed E-state index contributed by atoms with van der Waals surface area (Å²) in [5.41, 5.74) is 10.6. The van der Waals surface area contributed by atoms with Gasteiger partial charge in [0.05, 0.1) is 16.8 Å². The monoisotopic (exact) mass is 1490 g/mol. The molecule has 5 nitrogen and oxygen atoms in total. The van der Waals surface area contributed by atoms with Crippen LogP contribution in [0.5, 0.6) is 23.0 Å². The van der Waals surface area contributed by atoms with Crippen LogP contribution in [-0.4, -0.2) is 11.8 Å². The lowest BCUT2D eigenvalue weighted by atomic mass is 9.79. The van der Waals surface area contributed by atoms with Crippen LogP contribution in [0.1, 0.15) is 249 Å². The Kier molecular flexibility index (Phi) is 22.2. The largest absolute Gasteiger partial charge is 0.457 e. The highest BCUT2D eigenvalue weighted by molar-refractivity contribution is 7.28. The van der Waals surface area contributed by atoms with Crippen molar-refractivity contribution in [2.75, 3.05) is 4.90 Å². The summed E-state index contributed by atoms with van der Waals surface area (Å²) in [4.78, 5) is 45.0. The highest BCUT2D eigenvalue weighted by atomic mass is 32.1. The van der Waals surface area contributed by atoms with Gasteiger partial charge in [-0.15, -0.1) is 45.3 Å². The van der Waals surface area contributed by atoms with E-state index >= 15 is 9.59 Å². The molecule has 0 N–H and O–H groups in total. The van der Waals surface area contributed by atoms with Gasteiger partial charge in [-0.05, 0) is 218 Å². The van der Waals surface area contributed by atoms with Crippen molar-refractivity contribution in [3.8, 4) is 52.3 Å². The molecule has 0 atom stereocenters. The first-order valence-corrected chi connectivity index (χ1v) is 42.9. The summed E-state index contributed by atoms with van der Waals surface area (Å²) in [6.45, 7) is 30.9. The SMILES string of the molecule is CCCCCCCCc1cc(CCc2ccccc2)sc1-c1ccc(-c2ccc(-c3sc(CCc4ccc5c6c(Oc7ccc(C(C)(C)C)cc7)cc7c8c(cc(Oc9ccc(C(C)(C)C)cc9)c(c9cccc4c95)c86)C(=O)N(c4cc(C(C)(C)C)ccc4C(C)(C)C)C7=O)cc3CCCCCCCC)s2)s1. The first-order valence-electron chi connectivity index (χ1n) is 39.6. The lowest BCUT2D eigenvalue weighted by molar-refractivity contribution is 0.0892. The van der Waals surface area contributed by atoms with E-state index in [4.69, 9.17) is 9.47 Å². The highest BCUT2D eigenvalue weighted by Crippen LogP contribution is 2.54. The Balaban J connectivity index is 0.861. The summed E-state index contributed by atoms with van der Waals surface area (Å²) >= 11 is 7.96. The van der Waals surface area contributed by atoms with Gasteiger partial charge in [0, 0.05) is 60.6 Å². The lowest BCUT2D eigenvalue weighted by Crippen LogP contribution is -2.42. The van der Waals surface area contributed by atoms with Gasteiger partial charge in [-0.25, -0.2) is 4.90 Å². The van der Waals surface area contributed by atoms with Crippen molar-refractivity contribution in [1.82, 2.24) is 0 Å². The minimum Gasteiger partial charge on any atom is -0.457 e. The molecular weight excluding hydrogens is 1380 g/mol. The van der Waals surface area contributed by atoms with Crippen LogP contribution >= 0.6 is 45.3 Å². The van der Waals surface area contributed by atoms with Gasteiger partial charge in [0.25, 0.3) is 11.8 Å². The number of carbonyl (C=O) groups excluding carboxylic acids is 2. The number of benzene rings is 9. The Hall–Kier alpha value is -8.18. The van der Waals surface area contributed by atoms with Crippen LogP contribution < -0.4 is 14.4 Å². The minimum atomic E-state index is -0.413. The van der Waals surface area contributed by atoms with Gasteiger partial charge >= 0.3 is 0 Å². The lowest BCUT2D eigenvalue weighted by Gasteiger charge is -2.34. The van der Waals surface area contributed by atoms with Crippen LogP contribution in [0.15, 0.2) is 176 Å². The van der Waals surface area contributed by atoms with Gasteiger partial charge in [-0.2, -0.15) is 0 Å². The number of thiophene rings is 4. The smallest absolute Gasteiger partial charge is 0.266 e. The number of hydrogen-bond acceptors (Lipinski definition) is 8. The predicted octanol–water partition coefficient (Wildman–Crippen LogP) is 29.9. The molecule has 5 heterocycles. The number of aryl methyl sites for hydroxylation is 6. The summed E-state index contributed by atoms with van der Waals surface area (Å²) in [5, 5.41) is 7.30. The quantitative estimate of drug-likeness (QED) is 0.0212. The summed E-state index contributed by atoms with van der Waals surface area (Å²) in [5.74, 6) is 1.62. The van der Waals surface area contributed by atoms with E-state index < -0.39 is 5.41 Å². The van der Waals surface area contributed by atoms with Crippen LogP contribution in [0, 0.1) is 0 Å². The van der Waals surface area contributed by atoms with E-state index in [9.17, 15) is 0 Å². The first kappa shape index (κ1) is 75.6. The summed E-state index contributed by atoms with van der Waals surface area (Å²) in [6.07, 6.45) is 21.5. The molecule has 14 rings (SSSR count). The normalized spacial score (nSPS) is 13.1. The van der Waals surface area contributed by atoms with Gasteiger partial charge in [-0.1, -0.05) is 258 Å². The number of nitrogens with zero attached hydrogens (tertiary/aromatic N) is 1. The van der Waals surface area contributed by atoms with Gasteiger partial charge in [0.1, 0.15) is 23.0 Å². The molecule has 0 aliphatic carbocycles. The molecule has 107 heavy (non-hydrogen) atoms. The van der Waals surface area contributed by atoms with E-state index in [1.54, 1.807) is 0 Å². The molecule has 0 bridgehead atoms. The third kappa shape index (κ3) is 16.2. The van der Waals surface area contributed by atoms with E-state index in [-0.39, 0.29) is 28.1 Å². The molecular formula is C98H107NO4S4. The molecule has 9 heteroatoms. The van der Waals surface area contributed by atoms with Crippen molar-refractivity contribution in [3.63, 3.8) is 0 Å². The van der Waals surface area contributed by atoms with E-state index in [1.807, 2.05) is 81.7 Å². The fourth-order valence-electron chi connectivity index (χ4n) is 15.9. The van der Waals surface area contributed by atoms with Crippen molar-refractivity contribution >= 4 is 106 Å². The van der Waals surface area contributed by atoms with E-state index in [0.717, 1.165) is 87.4 Å². The summed E-state index contributed by atoms with van der Waals surface area (Å²) in [7, 11) is 0. The average molecular weight is 1490 g/mol. The third-order valence-electron chi connectivity index (χ3n) is 22.0. The molecule has 2 amide bonds. The van der Waals surface area contributed by atoms with Gasteiger partial charge < -0.3 is 9.47 Å². The van der Waals surface area contributed by atoms with Crippen molar-refractivity contribution in [3.05, 3.63) is 241 Å². The maximum absolute atomic E-state index is 16.1. The van der Waals surface area contributed by atoms with Crippen molar-refractivity contribution in [1.29, 1.82) is 0 Å². The van der Waals surface area contributed by atoms with E-state index in [1.165, 1.54) is 154 Å². The highest BCUT2D eigenvalue weighted by Gasteiger charge is 2.41. The molecule has 0 unspecified atom stereocenters. The van der Waals surface area contributed by atoms with Crippen molar-refractivity contribution in [2.24, 2.45) is 0 Å². The second-order valence-corrected chi connectivity index (χ2v) is 38.7. The van der Waals surface area contributed by atoms with Gasteiger partial charge in [0.2, 0.25) is 0 Å². The van der Waals surface area contributed by atoms with Crippen LogP contribution in [0.4, 0.5) is 5.69 Å². The van der Waals surface area contributed by atoms with E-state index in [0.29, 0.717) is 45.2 Å². The Morgan fingerprint density at radius 1 is 0.336 bits per heavy atom. The number of anilines is 1. The molecule has 1 aliphatic heterocycles. The van der Waals surface area contributed by atoms with Gasteiger partial charge in [0.15, 0.2) is 0 Å². The Labute approximate surface area is 652 Å². The van der Waals surface area contributed by atoms with Crippen LogP contribution in [-0.2, 0) is 60.2 Å². The Morgan fingerprint density at radius 2 is 0.794 bits per heavy atom. The van der Waals surface area contributed by atoms with Crippen LogP contribution in [0.2, 0.25) is 0 Å². The molecule has 0 radical (unpaired) electrons. The minimum absolute atomic E-state index is 0.0787. The number of fused-ring (bicyclic) bond motifs is 2. The molecule has 0 saturated carbocycles. The second-order valence-electron chi connectivity index (χ2n) is 34.3. The van der Waals surface area contributed by atoms with E-state index in [2.05, 4.69) is 236 Å². The second kappa shape index (κ2) is 31.4. The number of amides is 2. The molecule has 0 saturated heterocycles. The number of ether oxygens (including phenoxy) is 2. The first-order chi connectivity index (χ1) is 51.3. The standard InChI is InChI=1S/C98H107NO4S4/c1-15-17-19-21-23-28-33-64-57-71(49-37-62-31-26-25-27-32-62)104-91(64)84-55-53-82(106-84)83-54-56-85(107-83)92-65(34-29-24-22-20-18-16-2)58-72(105-92)50-38-63-39-51-75-86-73(63)35-30-36-74(86)88-80(102-69-45-40-66(41-46-69)95(3,4)5)60-76-87-77(61-81(89(75)90(87)88)103-70-47-42-67(43-48-70)96(6,7)8)94(101)99(93(76)100)79-59-68(97(9,10)11)44-52-78(79)98(12,13)14/h25-27,30-32,35-36,39-48,51-61H,15-24,28-29,33-34,37-38,49-50H2,1-14H3. The maximum atomic E-state index is 16.1. The predicted molar refractivity (Wildman–Crippen MR) is 463 cm³/mol. The molecule has 9 aromatic carbocycles. The number of carbonyl (C=O) groups is 2. The molecule has 13 aromatic rings. The molecule has 1 aliphatic rings. The average Bonchev–Trinajstić information content (AvgIpc) is 0.817. The molecule has 552 valence electrons. The fourth-order valence-corrected chi connectivity index (χ4v) is 20.8. The Bertz CT molecular complexity index is 5200. The van der Waals surface area contributed by atoms with Crippen LogP contribution in [0.3, 0.4) is 0 Å². The zero-order chi connectivity index (χ0) is 75.1. The molecule has 0 fully saturated rings. The summed E-state index contributed by atoms with van der Waals surface area (Å²) in [6, 6.07) is 63.9. The third-order valence-corrected chi connectivity index (χ3v) is 27.2.